The fraction of sp³-hybridized carbons (Fsp3) is 0.364. The van der Waals surface area contributed by atoms with Gasteiger partial charge in [-0.3, -0.25) is 9.59 Å². The van der Waals surface area contributed by atoms with E-state index in [9.17, 15) is 9.59 Å². The van der Waals surface area contributed by atoms with Gasteiger partial charge in [-0.15, -0.1) is 0 Å². The van der Waals surface area contributed by atoms with Gasteiger partial charge in [0.1, 0.15) is 0 Å². The van der Waals surface area contributed by atoms with Crippen LogP contribution in [0.1, 0.15) is 28.8 Å². The number of nitrogens with one attached hydrogen (secondary N) is 2. The van der Waals surface area contributed by atoms with E-state index in [1.54, 1.807) is 12.1 Å². The molecule has 0 aliphatic heterocycles. The minimum atomic E-state index is -0.105. The number of hydrogen-bond acceptors (Lipinski definition) is 3. The second-order valence-electron chi connectivity index (χ2n) is 6.84. The molecule has 27 heavy (non-hydrogen) atoms. The SMILES string of the molecule is CN(C)C(CNC(=O)CCCNC(=O)c1ccccc1)Cc1ccccc1. The van der Waals surface area contributed by atoms with E-state index in [2.05, 4.69) is 27.7 Å². The molecule has 2 rings (SSSR count). The van der Waals surface area contributed by atoms with E-state index >= 15 is 0 Å². The van der Waals surface area contributed by atoms with Crippen LogP contribution in [-0.2, 0) is 11.2 Å². The summed E-state index contributed by atoms with van der Waals surface area (Å²) in [6, 6.07) is 19.6. The molecule has 0 bridgehead atoms. The molecule has 2 N–H and O–H groups in total. The number of carbonyl (C=O) groups is 2. The predicted octanol–water partition coefficient (Wildman–Crippen LogP) is 2.49. The summed E-state index contributed by atoms with van der Waals surface area (Å²) in [5, 5.41) is 5.85. The molecule has 5 nitrogen and oxygen atoms in total. The standard InChI is InChI=1S/C22H29N3O2/c1-25(2)20(16-18-10-5-3-6-11-18)17-24-21(26)14-9-15-23-22(27)19-12-7-4-8-13-19/h3-8,10-13,20H,9,14-17H2,1-2H3,(H,23,27)(H,24,26). The molecule has 2 amide bonds. The van der Waals surface area contributed by atoms with Crippen molar-refractivity contribution in [3.63, 3.8) is 0 Å². The van der Waals surface area contributed by atoms with Gasteiger partial charge in [-0.1, -0.05) is 48.5 Å². The number of likely N-dealkylation sites (N-methyl/N-ethyl adjacent to an activating group) is 1. The van der Waals surface area contributed by atoms with Crippen LogP contribution in [0.2, 0.25) is 0 Å². The Morgan fingerprint density at radius 1 is 0.926 bits per heavy atom. The third-order valence-electron chi connectivity index (χ3n) is 4.48. The van der Waals surface area contributed by atoms with Crippen LogP contribution in [0.5, 0.6) is 0 Å². The quantitative estimate of drug-likeness (QED) is 0.634. The van der Waals surface area contributed by atoms with Crippen LogP contribution in [0, 0.1) is 0 Å². The number of nitrogens with zero attached hydrogens (tertiary/aromatic N) is 1. The highest BCUT2D eigenvalue weighted by Crippen LogP contribution is 2.06. The van der Waals surface area contributed by atoms with Crippen LogP contribution >= 0.6 is 0 Å². The van der Waals surface area contributed by atoms with Gasteiger partial charge in [0.05, 0.1) is 0 Å². The molecule has 2 aromatic carbocycles. The predicted molar refractivity (Wildman–Crippen MR) is 109 cm³/mol. The van der Waals surface area contributed by atoms with Gasteiger partial charge in [0.15, 0.2) is 0 Å². The normalized spacial score (nSPS) is 11.8. The van der Waals surface area contributed by atoms with Crippen molar-refractivity contribution in [3.8, 4) is 0 Å². The summed E-state index contributed by atoms with van der Waals surface area (Å²) in [7, 11) is 4.05. The van der Waals surface area contributed by atoms with Gasteiger partial charge in [0.25, 0.3) is 5.91 Å². The van der Waals surface area contributed by atoms with Gasteiger partial charge < -0.3 is 15.5 Å². The lowest BCUT2D eigenvalue weighted by Crippen LogP contribution is -2.41. The largest absolute Gasteiger partial charge is 0.355 e. The van der Waals surface area contributed by atoms with Crippen molar-refractivity contribution in [2.45, 2.75) is 25.3 Å². The second-order valence-corrected chi connectivity index (χ2v) is 6.84. The maximum absolute atomic E-state index is 12.1. The molecule has 0 fully saturated rings. The Balaban J connectivity index is 1.66. The van der Waals surface area contributed by atoms with Gasteiger partial charge >= 0.3 is 0 Å². The molecule has 0 radical (unpaired) electrons. The molecule has 144 valence electrons. The molecule has 0 saturated heterocycles. The van der Waals surface area contributed by atoms with E-state index < -0.39 is 0 Å². The Morgan fingerprint density at radius 3 is 2.19 bits per heavy atom. The van der Waals surface area contributed by atoms with Crippen LogP contribution in [0.4, 0.5) is 0 Å². The van der Waals surface area contributed by atoms with Gasteiger partial charge in [0, 0.05) is 31.1 Å². The lowest BCUT2D eigenvalue weighted by molar-refractivity contribution is -0.121. The van der Waals surface area contributed by atoms with Crippen molar-refractivity contribution in [2.24, 2.45) is 0 Å². The first kappa shape index (κ1) is 20.6. The molecule has 0 aromatic heterocycles. The highest BCUT2D eigenvalue weighted by Gasteiger charge is 2.13. The Kier molecular flexibility index (Phi) is 8.52. The van der Waals surface area contributed by atoms with Crippen molar-refractivity contribution in [3.05, 3.63) is 71.8 Å². The summed E-state index contributed by atoms with van der Waals surface area (Å²) in [6.07, 6.45) is 1.91. The highest BCUT2D eigenvalue weighted by atomic mass is 16.2. The van der Waals surface area contributed by atoms with E-state index in [1.807, 2.05) is 50.5 Å². The first-order chi connectivity index (χ1) is 13.1. The van der Waals surface area contributed by atoms with Crippen molar-refractivity contribution >= 4 is 11.8 Å². The summed E-state index contributed by atoms with van der Waals surface area (Å²) < 4.78 is 0. The lowest BCUT2D eigenvalue weighted by Gasteiger charge is -2.24. The maximum atomic E-state index is 12.1. The Hall–Kier alpha value is -2.66. The number of rotatable bonds is 10. The third-order valence-corrected chi connectivity index (χ3v) is 4.48. The molecule has 1 unspecified atom stereocenters. The first-order valence-corrected chi connectivity index (χ1v) is 9.36. The number of benzene rings is 2. The number of carbonyl (C=O) groups excluding carboxylic acids is 2. The van der Waals surface area contributed by atoms with Crippen molar-refractivity contribution < 1.29 is 9.59 Å². The summed E-state index contributed by atoms with van der Waals surface area (Å²) in [4.78, 5) is 26.2. The van der Waals surface area contributed by atoms with Crippen LogP contribution < -0.4 is 10.6 Å². The summed E-state index contributed by atoms with van der Waals surface area (Å²) in [5.74, 6) is -0.0876. The zero-order chi connectivity index (χ0) is 19.5. The Labute approximate surface area is 161 Å². The molecule has 0 saturated carbocycles. The average Bonchev–Trinajstić information content (AvgIpc) is 2.69. The van der Waals surface area contributed by atoms with Crippen molar-refractivity contribution in [1.29, 1.82) is 0 Å². The van der Waals surface area contributed by atoms with Gasteiger partial charge in [-0.2, -0.15) is 0 Å². The van der Waals surface area contributed by atoms with E-state index in [0.29, 0.717) is 31.5 Å². The van der Waals surface area contributed by atoms with E-state index in [-0.39, 0.29) is 17.9 Å². The first-order valence-electron chi connectivity index (χ1n) is 9.36. The molecule has 2 aromatic rings. The Bertz CT molecular complexity index is 702. The second kappa shape index (κ2) is 11.1. The maximum Gasteiger partial charge on any atom is 0.251 e. The summed E-state index contributed by atoms with van der Waals surface area (Å²) in [5.41, 5.74) is 1.89. The number of amides is 2. The fourth-order valence-corrected chi connectivity index (χ4v) is 2.79. The van der Waals surface area contributed by atoms with Crippen LogP contribution in [0.3, 0.4) is 0 Å². The molecule has 0 aliphatic rings. The molecule has 0 aliphatic carbocycles. The fourth-order valence-electron chi connectivity index (χ4n) is 2.79. The minimum Gasteiger partial charge on any atom is -0.355 e. The van der Waals surface area contributed by atoms with Crippen molar-refractivity contribution in [2.75, 3.05) is 27.2 Å². The van der Waals surface area contributed by atoms with E-state index in [0.717, 1.165) is 6.42 Å². The summed E-state index contributed by atoms with van der Waals surface area (Å²) in [6.45, 7) is 1.10. The molecule has 1 atom stereocenters. The Morgan fingerprint density at radius 2 is 1.56 bits per heavy atom. The van der Waals surface area contributed by atoms with Gasteiger partial charge in [0.2, 0.25) is 5.91 Å². The molecular formula is C22H29N3O2. The van der Waals surface area contributed by atoms with E-state index in [1.165, 1.54) is 5.56 Å². The monoisotopic (exact) mass is 367 g/mol. The zero-order valence-corrected chi connectivity index (χ0v) is 16.2. The van der Waals surface area contributed by atoms with Crippen LogP contribution in [-0.4, -0.2) is 49.9 Å². The van der Waals surface area contributed by atoms with Gasteiger partial charge in [-0.25, -0.2) is 0 Å². The molecule has 5 heteroatoms. The summed E-state index contributed by atoms with van der Waals surface area (Å²) >= 11 is 0. The molecular weight excluding hydrogens is 338 g/mol. The van der Waals surface area contributed by atoms with Crippen LogP contribution in [0.25, 0.3) is 0 Å². The topological polar surface area (TPSA) is 61.4 Å². The number of hydrogen-bond donors (Lipinski definition) is 2. The molecule has 0 heterocycles. The smallest absolute Gasteiger partial charge is 0.251 e. The van der Waals surface area contributed by atoms with Crippen LogP contribution in [0.15, 0.2) is 60.7 Å². The average molecular weight is 367 g/mol. The highest BCUT2D eigenvalue weighted by molar-refractivity contribution is 5.94. The third kappa shape index (κ3) is 7.62. The minimum absolute atomic E-state index is 0.0175. The zero-order valence-electron chi connectivity index (χ0n) is 16.2. The van der Waals surface area contributed by atoms with Crippen molar-refractivity contribution in [1.82, 2.24) is 15.5 Å². The molecule has 0 spiro atoms. The van der Waals surface area contributed by atoms with Gasteiger partial charge in [-0.05, 0) is 44.6 Å². The lowest BCUT2D eigenvalue weighted by atomic mass is 10.1. The van der Waals surface area contributed by atoms with E-state index in [4.69, 9.17) is 0 Å².